The smallest absolute Gasteiger partial charge is 0.254 e. The summed E-state index contributed by atoms with van der Waals surface area (Å²) in [6.07, 6.45) is 3.15. The van der Waals surface area contributed by atoms with E-state index in [0.717, 1.165) is 25.7 Å². The van der Waals surface area contributed by atoms with Crippen LogP contribution >= 0.6 is 0 Å². The molecule has 4 aliphatic rings. The Kier molecular flexibility index (Phi) is 3.77. The largest absolute Gasteiger partial charge is 0.366 e. The normalized spacial score (nSPS) is 32.9. The summed E-state index contributed by atoms with van der Waals surface area (Å²) in [5.41, 5.74) is 5.96. The number of hydrogen-bond donors (Lipinski definition) is 1. The van der Waals surface area contributed by atoms with Gasteiger partial charge in [0.1, 0.15) is 11.4 Å². The molecule has 5 rings (SSSR count). The molecule has 0 unspecified atom stereocenters. The zero-order valence-corrected chi connectivity index (χ0v) is 13.8. The maximum atomic E-state index is 13.9. The van der Waals surface area contributed by atoms with Gasteiger partial charge in [-0.2, -0.15) is 0 Å². The van der Waals surface area contributed by atoms with Gasteiger partial charge in [-0.1, -0.05) is 12.1 Å². The first-order valence-electron chi connectivity index (χ1n) is 8.73. The monoisotopic (exact) mass is 333 g/mol. The third-order valence-electron chi connectivity index (χ3n) is 5.84. The van der Waals surface area contributed by atoms with E-state index in [1.54, 1.807) is 12.1 Å². The van der Waals surface area contributed by atoms with Gasteiger partial charge in [0, 0.05) is 31.7 Å². The van der Waals surface area contributed by atoms with E-state index >= 15 is 0 Å². The first-order valence-corrected chi connectivity index (χ1v) is 8.73. The number of amides is 1. The number of rotatable bonds is 2. The minimum Gasteiger partial charge on any atom is -0.366 e. The van der Waals surface area contributed by atoms with E-state index in [-0.39, 0.29) is 17.3 Å². The molecule has 130 valence electrons. The number of carbonyl (C=O) groups is 1. The number of anilines is 1. The fourth-order valence-electron chi connectivity index (χ4n) is 4.14. The van der Waals surface area contributed by atoms with Gasteiger partial charge in [0.15, 0.2) is 0 Å². The van der Waals surface area contributed by atoms with E-state index in [2.05, 4.69) is 0 Å². The highest BCUT2D eigenvalue weighted by Gasteiger charge is 2.53. The topological polar surface area (TPSA) is 58.8 Å². The molecule has 1 aromatic carbocycles. The number of fused-ring (bicyclic) bond motifs is 3. The van der Waals surface area contributed by atoms with Gasteiger partial charge in [-0.15, -0.1) is 0 Å². The van der Waals surface area contributed by atoms with Crippen molar-refractivity contribution in [3.8, 4) is 0 Å². The molecule has 24 heavy (non-hydrogen) atoms. The molecule has 3 heterocycles. The number of hydrogen-bond acceptors (Lipinski definition) is 4. The second-order valence-corrected chi connectivity index (χ2v) is 7.38. The number of piperazine rings is 1. The summed E-state index contributed by atoms with van der Waals surface area (Å²) >= 11 is 0. The summed E-state index contributed by atoms with van der Waals surface area (Å²) in [5, 5.41) is 0. The molecule has 0 radical (unpaired) electrons. The predicted molar refractivity (Wildman–Crippen MR) is 89.3 cm³/mol. The molecule has 1 aliphatic carbocycles. The van der Waals surface area contributed by atoms with Gasteiger partial charge in [-0.05, 0) is 37.8 Å². The SMILES string of the molecule is NC12CCC(C(=O)N3CCN(c4ccccc4F)CC3)(CC1)OC2. The van der Waals surface area contributed by atoms with Crippen molar-refractivity contribution in [1.82, 2.24) is 4.90 Å². The molecule has 0 aromatic heterocycles. The molecule has 5 nitrogen and oxygen atoms in total. The van der Waals surface area contributed by atoms with Crippen molar-refractivity contribution in [3.63, 3.8) is 0 Å². The van der Waals surface area contributed by atoms with Crippen LogP contribution in [-0.4, -0.2) is 54.7 Å². The van der Waals surface area contributed by atoms with E-state index in [4.69, 9.17) is 10.5 Å². The Balaban J connectivity index is 1.41. The van der Waals surface area contributed by atoms with Crippen molar-refractivity contribution in [2.24, 2.45) is 5.73 Å². The lowest BCUT2D eigenvalue weighted by Crippen LogP contribution is -2.66. The zero-order chi connectivity index (χ0) is 16.8. The summed E-state index contributed by atoms with van der Waals surface area (Å²) in [4.78, 5) is 16.9. The van der Waals surface area contributed by atoms with Crippen LogP contribution in [0.3, 0.4) is 0 Å². The maximum Gasteiger partial charge on any atom is 0.254 e. The minimum absolute atomic E-state index is 0.0948. The van der Waals surface area contributed by atoms with Crippen LogP contribution in [0.1, 0.15) is 25.7 Å². The average molecular weight is 333 g/mol. The number of halogens is 1. The van der Waals surface area contributed by atoms with Gasteiger partial charge in [-0.3, -0.25) is 4.79 Å². The second kappa shape index (κ2) is 5.70. The van der Waals surface area contributed by atoms with Crippen LogP contribution in [0, 0.1) is 5.82 Å². The van der Waals surface area contributed by atoms with Crippen molar-refractivity contribution < 1.29 is 13.9 Å². The third-order valence-corrected chi connectivity index (χ3v) is 5.84. The van der Waals surface area contributed by atoms with Gasteiger partial charge in [0.25, 0.3) is 5.91 Å². The van der Waals surface area contributed by atoms with Crippen molar-refractivity contribution in [3.05, 3.63) is 30.1 Å². The highest BCUT2D eigenvalue weighted by atomic mass is 19.1. The molecule has 1 saturated carbocycles. The summed E-state index contributed by atoms with van der Waals surface area (Å²) in [6, 6.07) is 6.80. The van der Waals surface area contributed by atoms with Crippen LogP contribution in [0.4, 0.5) is 10.1 Å². The van der Waals surface area contributed by atoms with Crippen LogP contribution in [0.2, 0.25) is 0 Å². The van der Waals surface area contributed by atoms with Crippen LogP contribution in [-0.2, 0) is 9.53 Å². The molecule has 0 atom stereocenters. The molecular formula is C18H24FN3O2. The molecule has 6 heteroatoms. The lowest BCUT2D eigenvalue weighted by molar-refractivity contribution is -0.187. The Morgan fingerprint density at radius 1 is 1.08 bits per heavy atom. The number of benzene rings is 1. The molecule has 1 aromatic rings. The summed E-state index contributed by atoms with van der Waals surface area (Å²) in [6.45, 7) is 2.97. The minimum atomic E-state index is -0.665. The first kappa shape index (κ1) is 15.8. The molecule has 0 spiro atoms. The Labute approximate surface area is 141 Å². The lowest BCUT2D eigenvalue weighted by Gasteiger charge is -2.52. The van der Waals surface area contributed by atoms with Crippen LogP contribution in [0.15, 0.2) is 24.3 Å². The highest BCUT2D eigenvalue weighted by molar-refractivity contribution is 5.86. The number of carbonyl (C=O) groups excluding carboxylic acids is 1. The molecule has 4 fully saturated rings. The summed E-state index contributed by atoms with van der Waals surface area (Å²) < 4.78 is 19.8. The molecule has 2 bridgehead atoms. The van der Waals surface area contributed by atoms with Gasteiger partial charge < -0.3 is 20.3 Å². The van der Waals surface area contributed by atoms with Crippen molar-refractivity contribution in [1.29, 1.82) is 0 Å². The maximum absolute atomic E-state index is 13.9. The fraction of sp³-hybridized carbons (Fsp3) is 0.611. The summed E-state index contributed by atoms with van der Waals surface area (Å²) in [5.74, 6) is -0.115. The van der Waals surface area contributed by atoms with E-state index < -0.39 is 5.60 Å². The molecular weight excluding hydrogens is 309 g/mol. The number of ether oxygens (including phenoxy) is 1. The molecule has 1 amide bonds. The van der Waals surface area contributed by atoms with Gasteiger partial charge in [-0.25, -0.2) is 4.39 Å². The van der Waals surface area contributed by atoms with Crippen molar-refractivity contribution >= 4 is 11.6 Å². The average Bonchev–Trinajstić information content (AvgIpc) is 2.63. The quantitative estimate of drug-likeness (QED) is 0.891. The van der Waals surface area contributed by atoms with Gasteiger partial charge in [0.05, 0.1) is 12.3 Å². The van der Waals surface area contributed by atoms with Gasteiger partial charge >= 0.3 is 0 Å². The Bertz CT molecular complexity index is 618. The number of nitrogens with two attached hydrogens (primary N) is 1. The standard InChI is InChI=1S/C18H24FN3O2/c19-14-3-1-2-4-15(14)21-9-11-22(12-10-21)16(23)18-7-5-17(20,6-8-18)13-24-18/h1-4H,5-13,20H2. The van der Waals surface area contributed by atoms with Gasteiger partial charge in [0.2, 0.25) is 0 Å². The van der Waals surface area contributed by atoms with E-state index in [1.165, 1.54) is 6.07 Å². The van der Waals surface area contributed by atoms with Crippen LogP contribution in [0.25, 0.3) is 0 Å². The van der Waals surface area contributed by atoms with E-state index in [9.17, 15) is 9.18 Å². The zero-order valence-electron chi connectivity index (χ0n) is 13.8. The highest BCUT2D eigenvalue weighted by Crippen LogP contribution is 2.43. The second-order valence-electron chi connectivity index (χ2n) is 7.38. The Morgan fingerprint density at radius 2 is 1.75 bits per heavy atom. The molecule has 3 saturated heterocycles. The van der Waals surface area contributed by atoms with E-state index in [0.29, 0.717) is 38.5 Å². The van der Waals surface area contributed by atoms with Crippen molar-refractivity contribution in [2.75, 3.05) is 37.7 Å². The summed E-state index contributed by atoms with van der Waals surface area (Å²) in [7, 11) is 0. The number of nitrogens with zero attached hydrogens (tertiary/aromatic N) is 2. The van der Waals surface area contributed by atoms with Crippen molar-refractivity contribution in [2.45, 2.75) is 36.8 Å². The Morgan fingerprint density at radius 3 is 2.33 bits per heavy atom. The molecule has 3 aliphatic heterocycles. The molecule has 2 N–H and O–H groups in total. The van der Waals surface area contributed by atoms with E-state index in [1.807, 2.05) is 15.9 Å². The first-order chi connectivity index (χ1) is 11.5. The third kappa shape index (κ3) is 2.58. The number of para-hydroxylation sites is 1. The lowest BCUT2D eigenvalue weighted by atomic mass is 9.71. The van der Waals surface area contributed by atoms with Crippen LogP contribution in [0.5, 0.6) is 0 Å². The predicted octanol–water partition coefficient (Wildman–Crippen LogP) is 1.51. The Hall–Kier alpha value is -1.66. The fourth-order valence-corrected chi connectivity index (χ4v) is 4.14. The van der Waals surface area contributed by atoms with Crippen LogP contribution < -0.4 is 10.6 Å².